The van der Waals surface area contributed by atoms with Crippen molar-refractivity contribution in [2.24, 2.45) is 41.2 Å². The molecule has 4 aliphatic carbocycles. The van der Waals surface area contributed by atoms with Gasteiger partial charge in [0.25, 0.3) is 0 Å². The summed E-state index contributed by atoms with van der Waals surface area (Å²) in [4.78, 5) is 0. The molecule has 0 heterocycles. The van der Waals surface area contributed by atoms with Gasteiger partial charge < -0.3 is 5.73 Å². The van der Waals surface area contributed by atoms with Gasteiger partial charge in [0.15, 0.2) is 0 Å². The normalized spacial score (nSPS) is 48.9. The second-order valence-electron chi connectivity index (χ2n) is 5.98. The van der Waals surface area contributed by atoms with Crippen LogP contribution in [0, 0.1) is 46.8 Å². The first kappa shape index (κ1) is 9.66. The van der Waals surface area contributed by atoms with Gasteiger partial charge in [0.2, 0.25) is 0 Å². The predicted octanol–water partition coefficient (Wildman–Crippen LogP) is 2.16. The van der Waals surface area contributed by atoms with Crippen LogP contribution in [0.4, 0.5) is 0 Å². The maximum absolute atomic E-state index is 9.18. The van der Waals surface area contributed by atoms with Crippen LogP contribution in [0.25, 0.3) is 0 Å². The van der Waals surface area contributed by atoms with Crippen LogP contribution in [0.3, 0.4) is 0 Å². The Hall–Kier alpha value is -0.550. The molecule has 4 saturated carbocycles. The quantitative estimate of drug-likeness (QED) is 0.749. The van der Waals surface area contributed by atoms with Crippen molar-refractivity contribution in [1.29, 1.82) is 5.26 Å². The Balaban J connectivity index is 1.83. The fourth-order valence-corrected chi connectivity index (χ4v) is 4.92. The molecule has 2 nitrogen and oxygen atoms in total. The summed E-state index contributed by atoms with van der Waals surface area (Å²) in [5.74, 6) is 4.47. The summed E-state index contributed by atoms with van der Waals surface area (Å²) in [6.07, 6.45) is 7.08. The average molecular weight is 204 g/mol. The average Bonchev–Trinajstić information content (AvgIpc) is 2.22. The third-order valence-electron chi connectivity index (χ3n) is 5.18. The van der Waals surface area contributed by atoms with Gasteiger partial charge in [-0.15, -0.1) is 0 Å². The molecule has 15 heavy (non-hydrogen) atoms. The number of hydrogen-bond donors (Lipinski definition) is 1. The zero-order chi connectivity index (χ0) is 10.4. The molecule has 0 saturated heterocycles. The zero-order valence-corrected chi connectivity index (χ0v) is 9.23. The highest BCUT2D eigenvalue weighted by Crippen LogP contribution is 2.58. The minimum absolute atomic E-state index is 0.139. The molecule has 4 aliphatic rings. The van der Waals surface area contributed by atoms with Crippen molar-refractivity contribution < 1.29 is 0 Å². The summed E-state index contributed by atoms with van der Waals surface area (Å²) in [6.45, 7) is 0.573. The number of rotatable bonds is 2. The van der Waals surface area contributed by atoms with Crippen molar-refractivity contribution in [3.63, 3.8) is 0 Å². The van der Waals surface area contributed by atoms with Gasteiger partial charge in [0.05, 0.1) is 12.0 Å². The molecule has 2 heteroatoms. The fourth-order valence-electron chi connectivity index (χ4n) is 4.92. The summed E-state index contributed by atoms with van der Waals surface area (Å²) in [6, 6.07) is 2.45. The molecule has 82 valence electrons. The van der Waals surface area contributed by atoms with Gasteiger partial charge >= 0.3 is 0 Å². The van der Waals surface area contributed by atoms with E-state index in [0.29, 0.717) is 12.5 Å². The van der Waals surface area contributed by atoms with E-state index < -0.39 is 0 Å². The van der Waals surface area contributed by atoms with Crippen molar-refractivity contribution in [3.8, 4) is 6.07 Å². The number of nitriles is 1. The fraction of sp³-hybridized carbons (Fsp3) is 0.923. The second kappa shape index (κ2) is 3.49. The molecule has 0 amide bonds. The Bertz CT molecular complexity index is 263. The number of nitrogens with zero attached hydrogens (tertiary/aromatic N) is 1. The van der Waals surface area contributed by atoms with Crippen molar-refractivity contribution in [2.45, 2.75) is 32.1 Å². The summed E-state index contributed by atoms with van der Waals surface area (Å²) in [5.41, 5.74) is 5.74. The summed E-state index contributed by atoms with van der Waals surface area (Å²) < 4.78 is 0. The van der Waals surface area contributed by atoms with Crippen molar-refractivity contribution in [3.05, 3.63) is 0 Å². The van der Waals surface area contributed by atoms with E-state index in [9.17, 15) is 5.26 Å². The monoisotopic (exact) mass is 204 g/mol. The van der Waals surface area contributed by atoms with Crippen LogP contribution in [-0.4, -0.2) is 6.54 Å². The molecule has 0 aromatic rings. The minimum Gasteiger partial charge on any atom is -0.329 e. The smallest absolute Gasteiger partial charge is 0.0672 e. The highest BCUT2D eigenvalue weighted by molar-refractivity contribution is 5.04. The van der Waals surface area contributed by atoms with Crippen LogP contribution >= 0.6 is 0 Å². The Morgan fingerprint density at radius 2 is 1.60 bits per heavy atom. The molecule has 0 aromatic carbocycles. The number of hydrogen-bond acceptors (Lipinski definition) is 2. The zero-order valence-electron chi connectivity index (χ0n) is 9.23. The van der Waals surface area contributed by atoms with Gasteiger partial charge in [0.1, 0.15) is 0 Å². The third kappa shape index (κ3) is 1.40. The van der Waals surface area contributed by atoms with Crippen LogP contribution in [0.5, 0.6) is 0 Å². The summed E-state index contributed by atoms with van der Waals surface area (Å²) in [7, 11) is 0. The molecule has 0 radical (unpaired) electrons. The molecule has 4 bridgehead atoms. The maximum atomic E-state index is 9.18. The molecule has 1 unspecified atom stereocenters. The lowest BCUT2D eigenvalue weighted by Crippen LogP contribution is -2.48. The highest BCUT2D eigenvalue weighted by atomic mass is 14.6. The first-order chi connectivity index (χ1) is 7.31. The molecular formula is C13H20N2. The van der Waals surface area contributed by atoms with Crippen molar-refractivity contribution in [2.75, 3.05) is 6.54 Å². The van der Waals surface area contributed by atoms with Crippen molar-refractivity contribution >= 4 is 0 Å². The largest absolute Gasteiger partial charge is 0.329 e. The van der Waals surface area contributed by atoms with Crippen LogP contribution in [0.1, 0.15) is 32.1 Å². The summed E-state index contributed by atoms with van der Waals surface area (Å²) in [5, 5.41) is 9.18. The second-order valence-corrected chi connectivity index (χ2v) is 5.98. The lowest BCUT2D eigenvalue weighted by molar-refractivity contribution is -0.0508. The van der Waals surface area contributed by atoms with Gasteiger partial charge in [-0.2, -0.15) is 5.26 Å². The summed E-state index contributed by atoms with van der Waals surface area (Å²) >= 11 is 0. The van der Waals surface area contributed by atoms with Crippen LogP contribution in [-0.2, 0) is 0 Å². The standard InChI is InChI=1S/C13H20N2/c14-6-12(7-15)13-10-2-8-1-9(4-10)5-11(13)3-8/h8-13H,1-6,14H2. The maximum Gasteiger partial charge on any atom is 0.0672 e. The molecule has 4 rings (SSSR count). The van der Waals surface area contributed by atoms with Crippen LogP contribution in [0.15, 0.2) is 0 Å². The van der Waals surface area contributed by atoms with Crippen LogP contribution < -0.4 is 5.73 Å². The molecule has 0 spiro atoms. The SMILES string of the molecule is N#CC(CN)C1C2CC3CC(C2)CC1C3. The number of nitrogens with two attached hydrogens (primary N) is 1. The Labute approximate surface area is 91.8 Å². The molecule has 1 atom stereocenters. The predicted molar refractivity (Wildman–Crippen MR) is 58.7 cm³/mol. The van der Waals surface area contributed by atoms with E-state index in [-0.39, 0.29) is 5.92 Å². The lowest BCUT2D eigenvalue weighted by Gasteiger charge is -2.55. The van der Waals surface area contributed by atoms with Crippen molar-refractivity contribution in [1.82, 2.24) is 0 Å². The molecule has 0 aliphatic heterocycles. The Morgan fingerprint density at radius 1 is 1.07 bits per heavy atom. The third-order valence-corrected chi connectivity index (χ3v) is 5.18. The minimum atomic E-state index is 0.139. The first-order valence-corrected chi connectivity index (χ1v) is 6.41. The lowest BCUT2D eigenvalue weighted by atomic mass is 9.50. The Morgan fingerprint density at radius 3 is 2.00 bits per heavy atom. The van der Waals surface area contributed by atoms with Crippen LogP contribution in [0.2, 0.25) is 0 Å². The van der Waals surface area contributed by atoms with E-state index in [1.54, 1.807) is 0 Å². The highest BCUT2D eigenvalue weighted by Gasteiger charge is 2.50. The van der Waals surface area contributed by atoms with E-state index in [1.807, 2.05) is 0 Å². The van der Waals surface area contributed by atoms with E-state index >= 15 is 0 Å². The Kier molecular flexibility index (Phi) is 2.25. The van der Waals surface area contributed by atoms with Gasteiger partial charge in [-0.25, -0.2) is 0 Å². The molecular weight excluding hydrogens is 184 g/mol. The van der Waals surface area contributed by atoms with Gasteiger partial charge in [-0.3, -0.25) is 0 Å². The topological polar surface area (TPSA) is 49.8 Å². The van der Waals surface area contributed by atoms with E-state index in [2.05, 4.69) is 6.07 Å². The van der Waals surface area contributed by atoms with Gasteiger partial charge in [-0.1, -0.05) is 0 Å². The van der Waals surface area contributed by atoms with E-state index in [1.165, 1.54) is 32.1 Å². The molecule has 2 N–H and O–H groups in total. The van der Waals surface area contributed by atoms with E-state index in [4.69, 9.17) is 5.73 Å². The molecule has 4 fully saturated rings. The molecule has 0 aromatic heterocycles. The van der Waals surface area contributed by atoms with Gasteiger partial charge in [-0.05, 0) is 61.7 Å². The van der Waals surface area contributed by atoms with Gasteiger partial charge in [0, 0.05) is 6.54 Å². The van der Waals surface area contributed by atoms with E-state index in [0.717, 1.165) is 23.7 Å². The first-order valence-electron chi connectivity index (χ1n) is 6.41.